The monoisotopic (exact) mass is 538 g/mol. The second-order valence-electron chi connectivity index (χ2n) is 10.4. The van der Waals surface area contributed by atoms with Crippen LogP contribution in [0, 0.1) is 5.92 Å². The molecule has 3 unspecified atom stereocenters. The standard InChI is InChI=1S/C26H39ClN4O4S/c1-19-6-3-8-23(31(19)36(2,34)24-12-10-21(27)11-13-24)18-35-26(33)30-15-5-9-22(17-30)29-14-4-7-20(16-29)25(28)32/h10-13,19-20,22-23H,2-9,14-18H2,1H3,(H2,28,32)/t19-,20?,22?,23-,36?/m1/s1. The van der Waals surface area contributed by atoms with E-state index in [1.165, 1.54) is 0 Å². The maximum absolute atomic E-state index is 13.9. The summed E-state index contributed by atoms with van der Waals surface area (Å²) in [5.74, 6) is 3.76. The summed E-state index contributed by atoms with van der Waals surface area (Å²) in [7, 11) is -2.76. The quantitative estimate of drug-likeness (QED) is 0.560. The van der Waals surface area contributed by atoms with Crippen LogP contribution in [0.5, 0.6) is 0 Å². The van der Waals surface area contributed by atoms with Crippen molar-refractivity contribution >= 4 is 39.2 Å². The van der Waals surface area contributed by atoms with E-state index < -0.39 is 9.71 Å². The Labute approximate surface area is 220 Å². The third-order valence-electron chi connectivity index (χ3n) is 7.90. The molecule has 0 spiro atoms. The minimum Gasteiger partial charge on any atom is -0.448 e. The van der Waals surface area contributed by atoms with Crippen molar-refractivity contribution in [2.75, 3.05) is 32.8 Å². The van der Waals surface area contributed by atoms with E-state index in [-0.39, 0.29) is 42.7 Å². The molecule has 0 aliphatic carbocycles. The van der Waals surface area contributed by atoms with Crippen LogP contribution >= 0.6 is 11.6 Å². The number of hydrogen-bond acceptors (Lipinski definition) is 5. The highest BCUT2D eigenvalue weighted by atomic mass is 35.5. The number of likely N-dealkylation sites (tertiary alicyclic amines) is 2. The van der Waals surface area contributed by atoms with Gasteiger partial charge >= 0.3 is 6.09 Å². The zero-order chi connectivity index (χ0) is 25.9. The molecule has 3 aliphatic rings. The molecule has 2 N–H and O–H groups in total. The first-order chi connectivity index (χ1) is 17.2. The molecule has 0 bridgehead atoms. The number of hydrogen-bond donors (Lipinski definition) is 1. The van der Waals surface area contributed by atoms with Crippen molar-refractivity contribution in [3.63, 3.8) is 0 Å². The van der Waals surface area contributed by atoms with Gasteiger partial charge in [-0.3, -0.25) is 9.69 Å². The third kappa shape index (κ3) is 6.18. The van der Waals surface area contributed by atoms with E-state index in [9.17, 15) is 13.8 Å². The fraction of sp³-hybridized carbons (Fsp3) is 0.654. The average Bonchev–Trinajstić information content (AvgIpc) is 2.87. The number of amides is 2. The van der Waals surface area contributed by atoms with Gasteiger partial charge in [-0.2, -0.15) is 0 Å². The van der Waals surface area contributed by atoms with E-state index in [0.717, 1.165) is 51.5 Å². The number of piperidine rings is 3. The van der Waals surface area contributed by atoms with Crippen molar-refractivity contribution in [2.24, 2.45) is 11.7 Å². The van der Waals surface area contributed by atoms with Crippen molar-refractivity contribution in [1.82, 2.24) is 14.1 Å². The SMILES string of the molecule is C=S(=O)(c1ccc(Cl)cc1)N1[C@@H](COC(=O)N2CCCC(N3CCCC(C(N)=O)C3)C2)CCC[C@H]1C. The summed E-state index contributed by atoms with van der Waals surface area (Å²) in [5, 5.41) is 0.584. The highest BCUT2D eigenvalue weighted by Crippen LogP contribution is 2.31. The minimum absolute atomic E-state index is 0.0554. The van der Waals surface area contributed by atoms with Crippen molar-refractivity contribution in [2.45, 2.75) is 74.9 Å². The number of nitrogens with two attached hydrogens (primary N) is 1. The average molecular weight is 539 g/mol. The van der Waals surface area contributed by atoms with E-state index in [1.54, 1.807) is 29.2 Å². The molecule has 200 valence electrons. The Bertz CT molecular complexity index is 1030. The van der Waals surface area contributed by atoms with Gasteiger partial charge in [-0.1, -0.05) is 18.0 Å². The van der Waals surface area contributed by atoms with Crippen LogP contribution in [-0.4, -0.2) is 87.1 Å². The van der Waals surface area contributed by atoms with Crippen molar-refractivity contribution in [1.29, 1.82) is 0 Å². The van der Waals surface area contributed by atoms with Gasteiger partial charge in [0.25, 0.3) is 0 Å². The largest absolute Gasteiger partial charge is 0.448 e. The Morgan fingerprint density at radius 1 is 1.08 bits per heavy atom. The second-order valence-corrected chi connectivity index (χ2v) is 13.1. The summed E-state index contributed by atoms with van der Waals surface area (Å²) >= 11 is 6.03. The highest BCUT2D eigenvalue weighted by molar-refractivity contribution is 7.98. The van der Waals surface area contributed by atoms with Crippen LogP contribution < -0.4 is 5.73 Å². The van der Waals surface area contributed by atoms with Crippen LogP contribution in [0.4, 0.5) is 4.79 Å². The molecule has 0 radical (unpaired) electrons. The Kier molecular flexibility index (Phi) is 8.86. The Hall–Kier alpha value is -1.81. The normalized spacial score (nSPS) is 29.9. The molecule has 10 heteroatoms. The van der Waals surface area contributed by atoms with E-state index in [0.29, 0.717) is 29.6 Å². The number of nitrogens with zero attached hydrogens (tertiary/aromatic N) is 3. The predicted octanol–water partition coefficient (Wildman–Crippen LogP) is 3.37. The van der Waals surface area contributed by atoms with Gasteiger partial charge in [-0.15, -0.1) is 0 Å². The van der Waals surface area contributed by atoms with E-state index in [1.807, 2.05) is 4.31 Å². The fourth-order valence-electron chi connectivity index (χ4n) is 5.97. The van der Waals surface area contributed by atoms with Crippen LogP contribution in [-0.2, 0) is 19.2 Å². The summed E-state index contributed by atoms with van der Waals surface area (Å²) in [4.78, 5) is 29.5. The van der Waals surface area contributed by atoms with Gasteiger partial charge in [-0.05, 0) is 82.1 Å². The zero-order valence-electron chi connectivity index (χ0n) is 21.1. The van der Waals surface area contributed by atoms with Gasteiger partial charge in [0, 0.05) is 41.6 Å². The second kappa shape index (κ2) is 11.7. The molecule has 1 aromatic rings. The van der Waals surface area contributed by atoms with Crippen LogP contribution in [0.3, 0.4) is 0 Å². The Morgan fingerprint density at radius 2 is 1.81 bits per heavy atom. The lowest BCUT2D eigenvalue weighted by Crippen LogP contribution is -2.54. The molecule has 3 heterocycles. The number of ether oxygens (including phenoxy) is 1. The first-order valence-electron chi connectivity index (χ1n) is 13.0. The number of primary amides is 1. The third-order valence-corrected chi connectivity index (χ3v) is 10.5. The van der Waals surface area contributed by atoms with Crippen LogP contribution in [0.1, 0.15) is 51.9 Å². The van der Waals surface area contributed by atoms with Gasteiger partial charge in [0.2, 0.25) is 5.91 Å². The summed E-state index contributed by atoms with van der Waals surface area (Å²) in [6.07, 6.45) is 6.04. The first kappa shape index (κ1) is 27.2. The lowest BCUT2D eigenvalue weighted by atomic mass is 9.94. The van der Waals surface area contributed by atoms with E-state index in [2.05, 4.69) is 17.7 Å². The Balaban J connectivity index is 1.38. The van der Waals surface area contributed by atoms with Crippen LogP contribution in [0.25, 0.3) is 0 Å². The molecule has 3 fully saturated rings. The lowest BCUT2D eigenvalue weighted by molar-refractivity contribution is -0.124. The summed E-state index contributed by atoms with van der Waals surface area (Å²) in [5.41, 5.74) is 5.56. The molecule has 0 aromatic heterocycles. The van der Waals surface area contributed by atoms with Crippen LogP contribution in [0.15, 0.2) is 29.2 Å². The molecule has 4 rings (SSSR count). The first-order valence-corrected chi connectivity index (χ1v) is 15.1. The molecule has 5 atom stereocenters. The maximum atomic E-state index is 13.9. The predicted molar refractivity (Wildman–Crippen MR) is 143 cm³/mol. The van der Waals surface area contributed by atoms with E-state index in [4.69, 9.17) is 22.1 Å². The number of carbonyl (C=O) groups is 2. The Morgan fingerprint density at radius 3 is 2.53 bits per heavy atom. The van der Waals surface area contributed by atoms with Gasteiger partial charge < -0.3 is 15.4 Å². The van der Waals surface area contributed by atoms with Crippen molar-refractivity contribution in [3.05, 3.63) is 29.3 Å². The molecule has 8 nitrogen and oxygen atoms in total. The summed E-state index contributed by atoms with van der Waals surface area (Å²) in [6.45, 7) is 5.07. The molecular weight excluding hydrogens is 500 g/mol. The van der Waals surface area contributed by atoms with Gasteiger partial charge in [0.15, 0.2) is 0 Å². The summed E-state index contributed by atoms with van der Waals surface area (Å²) in [6, 6.07) is 7.08. The smallest absolute Gasteiger partial charge is 0.409 e. The van der Waals surface area contributed by atoms with Crippen molar-refractivity contribution < 1.29 is 18.5 Å². The molecule has 3 aliphatic heterocycles. The van der Waals surface area contributed by atoms with Gasteiger partial charge in [-0.25, -0.2) is 13.3 Å². The number of halogens is 1. The van der Waals surface area contributed by atoms with Gasteiger partial charge in [0.1, 0.15) is 6.61 Å². The van der Waals surface area contributed by atoms with Crippen molar-refractivity contribution in [3.8, 4) is 0 Å². The topological polar surface area (TPSA) is 96.2 Å². The number of carbonyl (C=O) groups excluding carboxylic acids is 2. The fourth-order valence-corrected chi connectivity index (χ4v) is 8.23. The minimum atomic E-state index is -2.76. The molecule has 36 heavy (non-hydrogen) atoms. The molecule has 1 aromatic carbocycles. The maximum Gasteiger partial charge on any atom is 0.409 e. The zero-order valence-corrected chi connectivity index (χ0v) is 22.7. The molecule has 0 saturated carbocycles. The summed E-state index contributed by atoms with van der Waals surface area (Å²) < 4.78 is 21.7. The van der Waals surface area contributed by atoms with Crippen LogP contribution in [0.2, 0.25) is 5.02 Å². The highest BCUT2D eigenvalue weighted by Gasteiger charge is 2.37. The number of benzene rings is 1. The molecule has 2 amide bonds. The van der Waals surface area contributed by atoms with Gasteiger partial charge in [0.05, 0.1) is 21.7 Å². The van der Waals surface area contributed by atoms with E-state index >= 15 is 0 Å². The molecular formula is C26H39ClN4O4S. The lowest BCUT2D eigenvalue weighted by Gasteiger charge is -2.43. The molecule has 3 saturated heterocycles. The number of rotatable bonds is 6.